The zero-order chi connectivity index (χ0) is 21.0. The number of aromatic nitrogens is 1. The molecule has 3 N–H and O–H groups in total. The van der Waals surface area contributed by atoms with E-state index in [4.69, 9.17) is 0 Å². The van der Waals surface area contributed by atoms with Crippen molar-refractivity contribution in [2.24, 2.45) is 0 Å². The lowest BCUT2D eigenvalue weighted by molar-refractivity contribution is -0.272. The molecule has 3 atom stereocenters. The molecular formula is C22H21F3N2O2. The highest BCUT2D eigenvalue weighted by Crippen LogP contribution is 2.54. The van der Waals surface area contributed by atoms with E-state index in [0.717, 1.165) is 5.69 Å². The SMILES string of the molecule is Cc1ccc2c(N[C@H]3c4cccc(O)c4[C@H](C)C[C@]3(O)C(F)(F)F)cccc2n1. The van der Waals surface area contributed by atoms with E-state index in [1.807, 2.05) is 6.92 Å². The fourth-order valence-electron chi connectivity index (χ4n) is 4.32. The Bertz CT molecular complexity index is 1080. The third-order valence-corrected chi connectivity index (χ3v) is 5.68. The van der Waals surface area contributed by atoms with Crippen LogP contribution in [0.1, 0.15) is 42.1 Å². The number of nitrogens with zero attached hydrogens (tertiary/aromatic N) is 1. The molecular weight excluding hydrogens is 381 g/mol. The monoisotopic (exact) mass is 402 g/mol. The van der Waals surface area contributed by atoms with Crippen molar-refractivity contribution in [1.82, 2.24) is 4.98 Å². The summed E-state index contributed by atoms with van der Waals surface area (Å²) in [6.07, 6.45) is -5.41. The van der Waals surface area contributed by atoms with Gasteiger partial charge in [-0.25, -0.2) is 0 Å². The maximum absolute atomic E-state index is 14.0. The van der Waals surface area contributed by atoms with Crippen molar-refractivity contribution in [3.63, 3.8) is 0 Å². The summed E-state index contributed by atoms with van der Waals surface area (Å²) in [6.45, 7) is 3.42. The number of benzene rings is 2. The molecule has 0 spiro atoms. The van der Waals surface area contributed by atoms with Crippen LogP contribution >= 0.6 is 0 Å². The van der Waals surface area contributed by atoms with Crippen LogP contribution in [0, 0.1) is 6.92 Å². The number of alkyl halides is 3. The lowest BCUT2D eigenvalue weighted by Gasteiger charge is -2.45. The molecule has 0 bridgehead atoms. The van der Waals surface area contributed by atoms with Gasteiger partial charge in [-0.2, -0.15) is 13.2 Å². The first-order valence-corrected chi connectivity index (χ1v) is 9.35. The van der Waals surface area contributed by atoms with Crippen molar-refractivity contribution >= 4 is 16.6 Å². The molecule has 1 aliphatic rings. The van der Waals surface area contributed by atoms with Crippen LogP contribution in [0.5, 0.6) is 5.75 Å². The smallest absolute Gasteiger partial charge is 0.419 e. The van der Waals surface area contributed by atoms with Gasteiger partial charge in [0.15, 0.2) is 5.60 Å². The van der Waals surface area contributed by atoms with E-state index < -0.39 is 30.2 Å². The molecule has 1 heterocycles. The molecule has 3 aromatic rings. The first-order chi connectivity index (χ1) is 13.6. The van der Waals surface area contributed by atoms with Crippen molar-refractivity contribution in [3.05, 3.63) is 65.4 Å². The van der Waals surface area contributed by atoms with Gasteiger partial charge in [0.1, 0.15) is 5.75 Å². The predicted molar refractivity (Wildman–Crippen MR) is 105 cm³/mol. The molecule has 0 fully saturated rings. The fraction of sp³-hybridized carbons (Fsp3) is 0.318. The number of anilines is 1. The molecule has 2 aromatic carbocycles. The van der Waals surface area contributed by atoms with Gasteiger partial charge in [-0.15, -0.1) is 0 Å². The second kappa shape index (κ2) is 6.62. The van der Waals surface area contributed by atoms with E-state index in [1.54, 1.807) is 37.3 Å². The molecule has 1 aliphatic carbocycles. The number of rotatable bonds is 2. The number of nitrogens with one attached hydrogen (secondary N) is 1. The zero-order valence-electron chi connectivity index (χ0n) is 16.0. The standard InChI is InChI=1S/C22H21F3N2O2/c1-12-11-21(29,22(23,24)25)20(15-5-3-8-18(28)19(12)15)27-17-7-4-6-16-14(17)10-9-13(2)26-16/h3-10,12,20,27-29H,11H2,1-2H3/t12-,20+,21-/m1/s1. The Hall–Kier alpha value is -2.80. The Morgan fingerprint density at radius 1 is 1.10 bits per heavy atom. The first kappa shape index (κ1) is 19.5. The maximum Gasteiger partial charge on any atom is 0.419 e. The summed E-state index contributed by atoms with van der Waals surface area (Å²) >= 11 is 0. The summed E-state index contributed by atoms with van der Waals surface area (Å²) < 4.78 is 42.1. The third-order valence-electron chi connectivity index (χ3n) is 5.68. The number of aromatic hydroxyl groups is 1. The number of pyridine rings is 1. The third kappa shape index (κ3) is 3.09. The van der Waals surface area contributed by atoms with Crippen LogP contribution < -0.4 is 5.32 Å². The molecule has 4 nitrogen and oxygen atoms in total. The highest BCUT2D eigenvalue weighted by atomic mass is 19.4. The van der Waals surface area contributed by atoms with E-state index in [-0.39, 0.29) is 11.3 Å². The van der Waals surface area contributed by atoms with E-state index in [0.29, 0.717) is 22.2 Å². The minimum absolute atomic E-state index is 0.0683. The normalized spacial score (nSPS) is 24.3. The molecule has 0 saturated carbocycles. The Kier molecular flexibility index (Phi) is 4.46. The van der Waals surface area contributed by atoms with E-state index >= 15 is 0 Å². The quantitative estimate of drug-likeness (QED) is 0.551. The topological polar surface area (TPSA) is 65.4 Å². The number of phenols is 1. The second-order valence-corrected chi connectivity index (χ2v) is 7.71. The Morgan fingerprint density at radius 3 is 2.55 bits per heavy atom. The molecule has 4 rings (SSSR count). The summed E-state index contributed by atoms with van der Waals surface area (Å²) in [5.74, 6) is -0.728. The minimum atomic E-state index is -4.86. The average Bonchev–Trinajstić information content (AvgIpc) is 2.63. The highest BCUT2D eigenvalue weighted by Gasteiger charge is 2.62. The van der Waals surface area contributed by atoms with Gasteiger partial charge < -0.3 is 15.5 Å². The van der Waals surface area contributed by atoms with Gasteiger partial charge in [0.2, 0.25) is 0 Å². The number of hydrogen-bond acceptors (Lipinski definition) is 4. The number of aryl methyl sites for hydroxylation is 1. The number of fused-ring (bicyclic) bond motifs is 2. The predicted octanol–water partition coefficient (Wildman–Crippen LogP) is 5.20. The second-order valence-electron chi connectivity index (χ2n) is 7.71. The largest absolute Gasteiger partial charge is 0.508 e. The molecule has 0 radical (unpaired) electrons. The maximum atomic E-state index is 14.0. The molecule has 152 valence electrons. The molecule has 0 unspecified atom stereocenters. The van der Waals surface area contributed by atoms with Gasteiger partial charge in [-0.1, -0.05) is 25.1 Å². The van der Waals surface area contributed by atoms with Crippen molar-refractivity contribution in [3.8, 4) is 5.75 Å². The summed E-state index contributed by atoms with van der Waals surface area (Å²) in [4.78, 5) is 4.42. The van der Waals surface area contributed by atoms with Gasteiger partial charge in [-0.05, 0) is 55.2 Å². The lowest BCUT2D eigenvalue weighted by atomic mass is 9.70. The lowest BCUT2D eigenvalue weighted by Crippen LogP contribution is -2.55. The number of halogens is 3. The highest BCUT2D eigenvalue weighted by molar-refractivity contribution is 5.91. The fourth-order valence-corrected chi connectivity index (χ4v) is 4.32. The van der Waals surface area contributed by atoms with Gasteiger partial charge in [-0.3, -0.25) is 4.98 Å². The van der Waals surface area contributed by atoms with E-state index in [1.165, 1.54) is 18.2 Å². The molecule has 0 saturated heterocycles. The van der Waals surface area contributed by atoms with Gasteiger partial charge >= 0.3 is 6.18 Å². The summed E-state index contributed by atoms with van der Waals surface area (Å²) in [6, 6.07) is 11.7. The van der Waals surface area contributed by atoms with Crippen LogP contribution in [0.15, 0.2) is 48.5 Å². The van der Waals surface area contributed by atoms with Crippen molar-refractivity contribution in [1.29, 1.82) is 0 Å². The molecule has 0 amide bonds. The van der Waals surface area contributed by atoms with Crippen LogP contribution in [0.4, 0.5) is 18.9 Å². The number of phenolic OH excluding ortho intramolecular Hbond substituents is 1. The Labute approximate surface area is 166 Å². The first-order valence-electron chi connectivity index (χ1n) is 9.35. The van der Waals surface area contributed by atoms with Crippen molar-refractivity contribution in [2.45, 2.75) is 44.0 Å². The van der Waals surface area contributed by atoms with Gasteiger partial charge in [0.25, 0.3) is 0 Å². The van der Waals surface area contributed by atoms with Crippen molar-refractivity contribution in [2.75, 3.05) is 5.32 Å². The minimum Gasteiger partial charge on any atom is -0.508 e. The Morgan fingerprint density at radius 2 is 1.83 bits per heavy atom. The molecule has 7 heteroatoms. The van der Waals surface area contributed by atoms with Gasteiger partial charge in [0.05, 0.1) is 11.6 Å². The average molecular weight is 402 g/mol. The number of hydrogen-bond donors (Lipinski definition) is 3. The van der Waals surface area contributed by atoms with E-state index in [9.17, 15) is 23.4 Å². The molecule has 29 heavy (non-hydrogen) atoms. The summed E-state index contributed by atoms with van der Waals surface area (Å²) in [5.41, 5.74) is -0.456. The summed E-state index contributed by atoms with van der Waals surface area (Å²) in [7, 11) is 0. The number of aliphatic hydroxyl groups is 1. The van der Waals surface area contributed by atoms with Crippen molar-refractivity contribution < 1.29 is 23.4 Å². The molecule has 0 aliphatic heterocycles. The van der Waals surface area contributed by atoms with E-state index in [2.05, 4.69) is 10.3 Å². The van der Waals surface area contributed by atoms with Crippen LogP contribution in [-0.2, 0) is 0 Å². The zero-order valence-corrected chi connectivity index (χ0v) is 16.0. The van der Waals surface area contributed by atoms with Crippen LogP contribution in [-0.4, -0.2) is 27.0 Å². The summed E-state index contributed by atoms with van der Waals surface area (Å²) in [5, 5.41) is 24.7. The molecule has 1 aromatic heterocycles. The van der Waals surface area contributed by atoms with Crippen LogP contribution in [0.3, 0.4) is 0 Å². The van der Waals surface area contributed by atoms with Gasteiger partial charge in [0, 0.05) is 22.3 Å². The Balaban J connectivity index is 1.90. The van der Waals surface area contributed by atoms with Crippen LogP contribution in [0.25, 0.3) is 10.9 Å². The van der Waals surface area contributed by atoms with Crippen LogP contribution in [0.2, 0.25) is 0 Å².